The normalized spacial score (nSPS) is 15.2. The molecule has 21 heavy (non-hydrogen) atoms. The number of carbonyl (C=O) groups excluding carboxylic acids is 1. The van der Waals surface area contributed by atoms with Gasteiger partial charge < -0.3 is 15.5 Å². The number of urea groups is 1. The number of hydrogen-bond acceptors (Lipinski definition) is 2. The first-order valence-corrected chi connectivity index (χ1v) is 7.07. The summed E-state index contributed by atoms with van der Waals surface area (Å²) in [6, 6.07) is 2.77. The topological polar surface area (TPSA) is 44.4 Å². The molecule has 1 heterocycles. The zero-order valence-electron chi connectivity index (χ0n) is 12.1. The molecule has 0 aromatic heterocycles. The molecule has 1 fully saturated rings. The zero-order valence-corrected chi connectivity index (χ0v) is 13.7. The van der Waals surface area contributed by atoms with Gasteiger partial charge in [-0.05, 0) is 50.6 Å². The Hall–Kier alpha value is -1.04. The summed E-state index contributed by atoms with van der Waals surface area (Å²) >= 11 is 5.95. The van der Waals surface area contributed by atoms with Gasteiger partial charge >= 0.3 is 6.03 Å². The summed E-state index contributed by atoms with van der Waals surface area (Å²) in [5.41, 5.74) is 0.894. The van der Waals surface area contributed by atoms with Crippen LogP contribution in [0.2, 0.25) is 5.02 Å². The van der Waals surface area contributed by atoms with Crippen LogP contribution in [0.3, 0.4) is 0 Å². The van der Waals surface area contributed by atoms with Crippen LogP contribution in [0.15, 0.2) is 12.1 Å². The molecule has 1 aliphatic rings. The molecule has 7 heteroatoms. The van der Waals surface area contributed by atoms with E-state index in [0.717, 1.165) is 25.9 Å². The Balaban J connectivity index is 0.00000220. The lowest BCUT2D eigenvalue weighted by Gasteiger charge is -2.31. The number of amides is 2. The van der Waals surface area contributed by atoms with Gasteiger partial charge in [-0.15, -0.1) is 12.4 Å². The largest absolute Gasteiger partial charge is 0.325 e. The second kappa shape index (κ2) is 7.82. The Labute approximate surface area is 135 Å². The van der Waals surface area contributed by atoms with Crippen molar-refractivity contribution in [3.63, 3.8) is 0 Å². The van der Waals surface area contributed by atoms with Crippen LogP contribution < -0.4 is 10.6 Å². The van der Waals surface area contributed by atoms with Crippen molar-refractivity contribution in [2.24, 2.45) is 0 Å². The van der Waals surface area contributed by atoms with Crippen LogP contribution in [-0.4, -0.2) is 37.1 Å². The summed E-state index contributed by atoms with van der Waals surface area (Å²) in [5.74, 6) is -0.375. The van der Waals surface area contributed by atoms with E-state index in [1.54, 1.807) is 24.9 Å². The van der Waals surface area contributed by atoms with Crippen LogP contribution >= 0.6 is 24.0 Å². The average Bonchev–Trinajstić information content (AvgIpc) is 2.44. The minimum atomic E-state index is -0.375. The first kappa shape index (κ1) is 18.0. The molecule has 1 aromatic carbocycles. The summed E-state index contributed by atoms with van der Waals surface area (Å²) in [6.07, 6.45) is 1.86. The summed E-state index contributed by atoms with van der Waals surface area (Å²) in [4.78, 5) is 13.9. The Kier molecular flexibility index (Phi) is 6.71. The van der Waals surface area contributed by atoms with E-state index in [4.69, 9.17) is 11.6 Å². The van der Waals surface area contributed by atoms with Gasteiger partial charge in [0, 0.05) is 13.1 Å². The molecule has 0 aliphatic carbocycles. The van der Waals surface area contributed by atoms with Crippen LogP contribution in [0.1, 0.15) is 18.4 Å². The minimum Gasteiger partial charge on any atom is -0.325 e. The first-order chi connectivity index (χ1) is 9.49. The maximum atomic E-state index is 13.3. The average molecular weight is 336 g/mol. The van der Waals surface area contributed by atoms with Gasteiger partial charge in [-0.3, -0.25) is 0 Å². The highest BCUT2D eigenvalue weighted by atomic mass is 35.5. The monoisotopic (exact) mass is 335 g/mol. The summed E-state index contributed by atoms with van der Waals surface area (Å²) in [7, 11) is 1.77. The van der Waals surface area contributed by atoms with Crippen molar-refractivity contribution in [2.45, 2.75) is 25.8 Å². The lowest BCUT2D eigenvalue weighted by molar-refractivity contribution is 0.189. The molecule has 2 N–H and O–H groups in total. The Morgan fingerprint density at radius 1 is 1.43 bits per heavy atom. The summed E-state index contributed by atoms with van der Waals surface area (Å²) < 4.78 is 13.3. The molecule has 118 valence electrons. The molecule has 1 saturated heterocycles. The molecule has 4 nitrogen and oxygen atoms in total. The number of benzene rings is 1. The standard InChI is InChI=1S/C14H19ClFN3O.ClH/c1-9-7-13(11(15)8-12(9)16)18-14(20)19(2)10-3-5-17-6-4-10;/h7-8,10,17H,3-6H2,1-2H3,(H,18,20);1H. The van der Waals surface area contributed by atoms with Gasteiger partial charge in [0.25, 0.3) is 0 Å². The van der Waals surface area contributed by atoms with Crippen LogP contribution in [0.4, 0.5) is 14.9 Å². The predicted octanol–water partition coefficient (Wildman–Crippen LogP) is 3.43. The molecule has 0 spiro atoms. The lowest BCUT2D eigenvalue weighted by Crippen LogP contribution is -2.45. The fourth-order valence-electron chi connectivity index (χ4n) is 2.32. The fraction of sp³-hybridized carbons (Fsp3) is 0.500. The minimum absolute atomic E-state index is 0. The number of piperidine rings is 1. The highest BCUT2D eigenvalue weighted by Crippen LogP contribution is 2.25. The highest BCUT2D eigenvalue weighted by molar-refractivity contribution is 6.33. The quantitative estimate of drug-likeness (QED) is 0.869. The van der Waals surface area contributed by atoms with Crippen molar-refractivity contribution >= 4 is 35.7 Å². The number of nitrogens with one attached hydrogen (secondary N) is 2. The van der Waals surface area contributed by atoms with Crippen molar-refractivity contribution in [2.75, 3.05) is 25.5 Å². The van der Waals surface area contributed by atoms with E-state index in [1.807, 2.05) is 0 Å². The number of nitrogens with zero attached hydrogens (tertiary/aromatic N) is 1. The molecule has 0 unspecified atom stereocenters. The summed E-state index contributed by atoms with van der Waals surface area (Å²) in [6.45, 7) is 3.47. The van der Waals surface area contributed by atoms with E-state index in [0.29, 0.717) is 11.3 Å². The molecule has 0 atom stereocenters. The number of anilines is 1. The van der Waals surface area contributed by atoms with E-state index in [-0.39, 0.29) is 35.3 Å². The number of carbonyl (C=O) groups is 1. The van der Waals surface area contributed by atoms with Crippen LogP contribution in [0, 0.1) is 12.7 Å². The third-order valence-corrected chi connectivity index (χ3v) is 3.98. The molecule has 1 aromatic rings. The number of halogens is 3. The van der Waals surface area contributed by atoms with Gasteiger partial charge in [0.15, 0.2) is 0 Å². The molecule has 2 amide bonds. The smallest absolute Gasteiger partial charge is 0.321 e. The van der Waals surface area contributed by atoms with Crippen LogP contribution in [0.25, 0.3) is 0 Å². The van der Waals surface area contributed by atoms with Crippen LogP contribution in [0.5, 0.6) is 0 Å². The SMILES string of the molecule is Cc1cc(NC(=O)N(C)C2CCNCC2)c(Cl)cc1F.Cl. The predicted molar refractivity (Wildman–Crippen MR) is 86.1 cm³/mol. The van der Waals surface area contributed by atoms with E-state index >= 15 is 0 Å². The third-order valence-electron chi connectivity index (χ3n) is 3.67. The van der Waals surface area contributed by atoms with Gasteiger partial charge in [-0.1, -0.05) is 11.6 Å². The third kappa shape index (κ3) is 4.46. The van der Waals surface area contributed by atoms with Crippen molar-refractivity contribution in [3.8, 4) is 0 Å². The zero-order chi connectivity index (χ0) is 14.7. The molecule has 1 aliphatic heterocycles. The van der Waals surface area contributed by atoms with Gasteiger partial charge in [0.05, 0.1) is 10.7 Å². The number of aryl methyl sites for hydroxylation is 1. The molecule has 0 radical (unpaired) electrons. The molecular weight excluding hydrogens is 316 g/mol. The van der Waals surface area contributed by atoms with Crippen molar-refractivity contribution in [1.29, 1.82) is 0 Å². The van der Waals surface area contributed by atoms with Crippen molar-refractivity contribution in [1.82, 2.24) is 10.2 Å². The first-order valence-electron chi connectivity index (χ1n) is 6.69. The number of hydrogen-bond donors (Lipinski definition) is 2. The molecule has 0 bridgehead atoms. The highest BCUT2D eigenvalue weighted by Gasteiger charge is 2.22. The van der Waals surface area contributed by atoms with Gasteiger partial charge in [0.1, 0.15) is 5.82 Å². The van der Waals surface area contributed by atoms with E-state index < -0.39 is 0 Å². The second-order valence-electron chi connectivity index (χ2n) is 5.10. The maximum absolute atomic E-state index is 13.3. The Morgan fingerprint density at radius 3 is 2.67 bits per heavy atom. The molecule has 0 saturated carbocycles. The fourth-order valence-corrected chi connectivity index (χ4v) is 2.51. The van der Waals surface area contributed by atoms with Crippen LogP contribution in [-0.2, 0) is 0 Å². The lowest BCUT2D eigenvalue weighted by atomic mass is 10.1. The Bertz CT molecular complexity index is 507. The van der Waals surface area contributed by atoms with E-state index in [9.17, 15) is 9.18 Å². The summed E-state index contributed by atoms with van der Waals surface area (Å²) in [5, 5.41) is 6.21. The van der Waals surface area contributed by atoms with Crippen molar-refractivity contribution in [3.05, 3.63) is 28.5 Å². The van der Waals surface area contributed by atoms with Crippen molar-refractivity contribution < 1.29 is 9.18 Å². The Morgan fingerprint density at radius 2 is 2.05 bits per heavy atom. The van der Waals surface area contributed by atoms with E-state index in [1.165, 1.54) is 6.07 Å². The maximum Gasteiger partial charge on any atom is 0.321 e. The van der Waals surface area contributed by atoms with Gasteiger partial charge in [-0.25, -0.2) is 9.18 Å². The molecule has 2 rings (SSSR count). The second-order valence-corrected chi connectivity index (χ2v) is 5.51. The van der Waals surface area contributed by atoms with Gasteiger partial charge in [0.2, 0.25) is 0 Å². The van der Waals surface area contributed by atoms with Gasteiger partial charge in [-0.2, -0.15) is 0 Å². The molecular formula is C14H20Cl2FN3O. The van der Waals surface area contributed by atoms with E-state index in [2.05, 4.69) is 10.6 Å². The number of rotatable bonds is 2.